The third kappa shape index (κ3) is 1.22. The third-order valence-corrected chi connectivity index (χ3v) is 2.63. The Kier molecular flexibility index (Phi) is 1.76. The van der Waals surface area contributed by atoms with Crippen molar-refractivity contribution in [3.05, 3.63) is 59.7 Å². The number of hydrogen-bond acceptors (Lipinski definition) is 2. The Balaban J connectivity index is 2.20. The van der Waals surface area contributed by atoms with Gasteiger partial charge < -0.3 is 10.5 Å². The zero-order valence-corrected chi connectivity index (χ0v) is 8.10. The van der Waals surface area contributed by atoms with Crippen LogP contribution in [0.5, 0.6) is 11.5 Å². The highest BCUT2D eigenvalue weighted by molar-refractivity contribution is 5.52. The first-order valence-electron chi connectivity index (χ1n) is 4.89. The number of para-hydroxylation sites is 1. The summed E-state index contributed by atoms with van der Waals surface area (Å²) in [5, 5.41) is 0. The fourth-order valence-corrected chi connectivity index (χ4v) is 1.87. The van der Waals surface area contributed by atoms with E-state index < -0.39 is 0 Å². The molecule has 1 aliphatic rings. The minimum Gasteiger partial charge on any atom is -0.457 e. The van der Waals surface area contributed by atoms with Crippen LogP contribution in [0.2, 0.25) is 0 Å². The summed E-state index contributed by atoms with van der Waals surface area (Å²) >= 11 is 0. The lowest BCUT2D eigenvalue weighted by Crippen LogP contribution is -2.17. The highest BCUT2D eigenvalue weighted by Crippen LogP contribution is 2.40. The van der Waals surface area contributed by atoms with Gasteiger partial charge in [-0.2, -0.15) is 0 Å². The summed E-state index contributed by atoms with van der Waals surface area (Å²) in [6, 6.07) is 16.5. The molecule has 1 atom stereocenters. The second-order valence-corrected chi connectivity index (χ2v) is 3.57. The van der Waals surface area contributed by atoms with E-state index in [9.17, 15) is 0 Å². The molecule has 0 saturated carbocycles. The molecule has 1 aliphatic heterocycles. The molecule has 1 unspecified atom stereocenters. The van der Waals surface area contributed by atoms with E-state index in [-0.39, 0.29) is 6.04 Å². The molecule has 0 amide bonds. The second kappa shape index (κ2) is 3.11. The van der Waals surface area contributed by atoms with Crippen molar-refractivity contribution in [3.8, 4) is 11.5 Å². The van der Waals surface area contributed by atoms with E-state index in [1.165, 1.54) is 0 Å². The van der Waals surface area contributed by atoms with Crippen LogP contribution in [0.3, 0.4) is 0 Å². The summed E-state index contributed by atoms with van der Waals surface area (Å²) in [5.74, 6) is 1.65. The normalized spacial score (nSPS) is 13.9. The SMILES string of the molecule is NC1c2[c]cccc2Oc2ccccc21. The van der Waals surface area contributed by atoms with E-state index in [4.69, 9.17) is 10.5 Å². The second-order valence-electron chi connectivity index (χ2n) is 3.57. The van der Waals surface area contributed by atoms with Gasteiger partial charge in [-0.1, -0.05) is 30.3 Å². The average Bonchev–Trinajstić information content (AvgIpc) is 2.30. The number of fused-ring (bicyclic) bond motifs is 2. The molecule has 0 spiro atoms. The largest absolute Gasteiger partial charge is 0.457 e. The number of nitrogens with two attached hydrogens (primary N) is 1. The lowest BCUT2D eigenvalue weighted by Gasteiger charge is -2.24. The lowest BCUT2D eigenvalue weighted by atomic mass is 9.96. The number of rotatable bonds is 0. The van der Waals surface area contributed by atoms with Crippen LogP contribution in [0.4, 0.5) is 0 Å². The van der Waals surface area contributed by atoms with Gasteiger partial charge in [-0.15, -0.1) is 0 Å². The van der Waals surface area contributed by atoms with Crippen molar-refractivity contribution in [1.29, 1.82) is 0 Å². The first kappa shape index (κ1) is 8.50. The standard InChI is InChI=1S/C13H10NO/c14-13-9-5-1-3-7-11(9)15-12-8-4-2-6-10(12)13/h1-5,7-8,13H,14H2. The minimum atomic E-state index is -0.133. The maximum atomic E-state index is 6.15. The number of ether oxygens (including phenoxy) is 1. The molecule has 2 nitrogen and oxygen atoms in total. The first-order chi connectivity index (χ1) is 7.36. The van der Waals surface area contributed by atoms with Crippen LogP contribution >= 0.6 is 0 Å². The first-order valence-corrected chi connectivity index (χ1v) is 4.89. The van der Waals surface area contributed by atoms with Gasteiger partial charge in [0, 0.05) is 11.1 Å². The fourth-order valence-electron chi connectivity index (χ4n) is 1.87. The Morgan fingerprint density at radius 2 is 1.87 bits per heavy atom. The molecule has 2 heteroatoms. The van der Waals surface area contributed by atoms with Crippen molar-refractivity contribution in [2.45, 2.75) is 6.04 Å². The van der Waals surface area contributed by atoms with E-state index >= 15 is 0 Å². The number of hydrogen-bond donors (Lipinski definition) is 1. The van der Waals surface area contributed by atoms with Crippen molar-refractivity contribution >= 4 is 0 Å². The van der Waals surface area contributed by atoms with Crippen LogP contribution in [0.15, 0.2) is 42.5 Å². The van der Waals surface area contributed by atoms with Gasteiger partial charge in [0.1, 0.15) is 11.5 Å². The van der Waals surface area contributed by atoms with Gasteiger partial charge in [0.25, 0.3) is 0 Å². The van der Waals surface area contributed by atoms with Crippen LogP contribution < -0.4 is 10.5 Å². The van der Waals surface area contributed by atoms with Crippen LogP contribution in [0, 0.1) is 6.07 Å². The van der Waals surface area contributed by atoms with Gasteiger partial charge in [-0.25, -0.2) is 0 Å². The molecule has 73 valence electrons. The van der Waals surface area contributed by atoms with Crippen molar-refractivity contribution in [2.75, 3.05) is 0 Å². The molecule has 0 fully saturated rings. The highest BCUT2D eigenvalue weighted by Gasteiger charge is 2.23. The molecule has 0 saturated heterocycles. The molecular weight excluding hydrogens is 186 g/mol. The van der Waals surface area contributed by atoms with Crippen LogP contribution in [0.1, 0.15) is 17.2 Å². The maximum absolute atomic E-state index is 6.15. The van der Waals surface area contributed by atoms with E-state index in [1.54, 1.807) is 0 Å². The number of benzene rings is 2. The van der Waals surface area contributed by atoms with Crippen molar-refractivity contribution in [2.24, 2.45) is 5.73 Å². The molecule has 15 heavy (non-hydrogen) atoms. The topological polar surface area (TPSA) is 35.2 Å². The molecule has 2 aromatic carbocycles. The summed E-state index contributed by atoms with van der Waals surface area (Å²) in [7, 11) is 0. The highest BCUT2D eigenvalue weighted by atomic mass is 16.5. The monoisotopic (exact) mass is 196 g/mol. The van der Waals surface area contributed by atoms with Gasteiger partial charge in [0.15, 0.2) is 0 Å². The van der Waals surface area contributed by atoms with Crippen molar-refractivity contribution in [3.63, 3.8) is 0 Å². The average molecular weight is 196 g/mol. The summed E-state index contributed by atoms with van der Waals surface area (Å²) in [4.78, 5) is 0. The summed E-state index contributed by atoms with van der Waals surface area (Å²) in [6.45, 7) is 0. The van der Waals surface area contributed by atoms with Crippen LogP contribution in [-0.2, 0) is 0 Å². The molecule has 3 rings (SSSR count). The van der Waals surface area contributed by atoms with Crippen LogP contribution in [-0.4, -0.2) is 0 Å². The third-order valence-electron chi connectivity index (χ3n) is 2.63. The summed E-state index contributed by atoms with van der Waals surface area (Å²) < 4.78 is 5.74. The predicted octanol–water partition coefficient (Wildman–Crippen LogP) is 2.64. The van der Waals surface area contributed by atoms with E-state index in [2.05, 4.69) is 6.07 Å². The Morgan fingerprint density at radius 3 is 2.80 bits per heavy atom. The van der Waals surface area contributed by atoms with Crippen molar-refractivity contribution < 1.29 is 4.74 Å². The molecule has 1 heterocycles. The van der Waals surface area contributed by atoms with Gasteiger partial charge in [-0.05, 0) is 18.2 Å². The quantitative estimate of drug-likeness (QED) is 0.703. The smallest absolute Gasteiger partial charge is 0.133 e. The Hall–Kier alpha value is -1.80. The van der Waals surface area contributed by atoms with Crippen LogP contribution in [0.25, 0.3) is 0 Å². The Labute approximate surface area is 88.3 Å². The molecule has 2 aromatic rings. The molecule has 0 bridgehead atoms. The van der Waals surface area contributed by atoms with E-state index in [0.29, 0.717) is 0 Å². The molecule has 1 radical (unpaired) electrons. The molecule has 2 N–H and O–H groups in total. The lowest BCUT2D eigenvalue weighted by molar-refractivity contribution is 0.447. The maximum Gasteiger partial charge on any atom is 0.133 e. The van der Waals surface area contributed by atoms with E-state index in [0.717, 1.165) is 22.6 Å². The molecule has 0 aromatic heterocycles. The van der Waals surface area contributed by atoms with E-state index in [1.807, 2.05) is 42.5 Å². The zero-order valence-electron chi connectivity index (χ0n) is 8.10. The predicted molar refractivity (Wildman–Crippen MR) is 57.8 cm³/mol. The Morgan fingerprint density at radius 1 is 1.07 bits per heavy atom. The summed E-state index contributed by atoms with van der Waals surface area (Å²) in [5.41, 5.74) is 8.09. The fraction of sp³-hybridized carbons (Fsp3) is 0.0769. The Bertz CT molecular complexity index is 462. The van der Waals surface area contributed by atoms with Gasteiger partial charge >= 0.3 is 0 Å². The minimum absolute atomic E-state index is 0.133. The van der Waals surface area contributed by atoms with Gasteiger partial charge in [0.05, 0.1) is 6.04 Å². The molecular formula is C13H10NO. The molecule has 0 aliphatic carbocycles. The van der Waals surface area contributed by atoms with Gasteiger partial charge in [0.2, 0.25) is 0 Å². The van der Waals surface area contributed by atoms with Crippen molar-refractivity contribution in [1.82, 2.24) is 0 Å². The van der Waals surface area contributed by atoms with Gasteiger partial charge in [-0.3, -0.25) is 0 Å². The zero-order chi connectivity index (χ0) is 10.3. The summed E-state index contributed by atoms with van der Waals surface area (Å²) in [6.07, 6.45) is 0.